The first-order valence-corrected chi connectivity index (χ1v) is 4.85. The molecule has 0 amide bonds. The van der Waals surface area contributed by atoms with Crippen LogP contribution >= 0.6 is 0 Å². The van der Waals surface area contributed by atoms with Crippen LogP contribution in [-0.4, -0.2) is 38.0 Å². The van der Waals surface area contributed by atoms with Crippen LogP contribution in [0.1, 0.15) is 19.4 Å². The molecule has 0 aliphatic heterocycles. The van der Waals surface area contributed by atoms with Crippen molar-refractivity contribution < 1.29 is 40.2 Å². The van der Waals surface area contributed by atoms with Gasteiger partial charge in [-0.3, -0.25) is 5.26 Å². The van der Waals surface area contributed by atoms with Gasteiger partial charge in [-0.1, -0.05) is 30.3 Å². The Labute approximate surface area is 109 Å². The summed E-state index contributed by atoms with van der Waals surface area (Å²) in [7, 11) is 0. The smallest absolute Gasteiger partial charge is 0.450 e. The number of carbonyl (C=O) groups is 2. The van der Waals surface area contributed by atoms with Crippen LogP contribution in [-0.2, 0) is 10.5 Å². The van der Waals surface area contributed by atoms with Crippen molar-refractivity contribution in [2.75, 3.05) is 0 Å². The van der Waals surface area contributed by atoms with Crippen LogP contribution in [0, 0.1) is 0 Å². The lowest BCUT2D eigenvalue weighted by atomic mass is 9.99. The van der Waals surface area contributed by atoms with Crippen molar-refractivity contribution in [3.63, 3.8) is 0 Å². The normalized spacial score (nSPS) is 9.21. The van der Waals surface area contributed by atoms with E-state index < -0.39 is 17.9 Å². The highest BCUT2D eigenvalue weighted by Crippen LogP contribution is 2.22. The minimum Gasteiger partial charge on any atom is -0.450 e. The molecule has 19 heavy (non-hydrogen) atoms. The van der Waals surface area contributed by atoms with Gasteiger partial charge in [0.15, 0.2) is 0 Å². The fourth-order valence-electron chi connectivity index (χ4n) is 0.892. The molecule has 0 aliphatic rings. The zero-order valence-corrected chi connectivity index (χ0v) is 10.3. The molecular weight excluding hydrogens is 260 g/mol. The third-order valence-corrected chi connectivity index (χ3v) is 1.70. The van der Waals surface area contributed by atoms with Crippen LogP contribution < -0.4 is 0 Å². The van der Waals surface area contributed by atoms with Gasteiger partial charge in [0.05, 0.1) is 0 Å². The van der Waals surface area contributed by atoms with E-state index in [-0.39, 0.29) is 0 Å². The Kier molecular flexibility index (Phi) is 9.70. The van der Waals surface area contributed by atoms with Crippen molar-refractivity contribution in [1.29, 1.82) is 0 Å². The molecular formula is C11H16O8. The van der Waals surface area contributed by atoms with Crippen LogP contribution in [0.4, 0.5) is 9.59 Å². The Bertz CT molecular complexity index is 354. The Morgan fingerprint density at radius 2 is 1.26 bits per heavy atom. The molecule has 0 aliphatic carbocycles. The summed E-state index contributed by atoms with van der Waals surface area (Å²) < 4.78 is 0. The second-order valence-corrected chi connectivity index (χ2v) is 3.53. The lowest BCUT2D eigenvalue weighted by Gasteiger charge is -2.20. The van der Waals surface area contributed by atoms with Crippen molar-refractivity contribution in [2.45, 2.75) is 19.4 Å². The molecule has 0 bridgehead atoms. The maximum atomic E-state index is 8.56. The van der Waals surface area contributed by atoms with E-state index >= 15 is 0 Å². The fraction of sp³-hybridized carbons (Fsp3) is 0.273. The molecule has 0 atom stereocenters. The highest BCUT2D eigenvalue weighted by atomic mass is 17.1. The van der Waals surface area contributed by atoms with Gasteiger partial charge >= 0.3 is 12.3 Å². The first-order valence-electron chi connectivity index (χ1n) is 4.85. The molecule has 0 radical (unpaired) electrons. The summed E-state index contributed by atoms with van der Waals surface area (Å²) in [6.07, 6.45) is -3.67. The zero-order chi connectivity index (χ0) is 15.5. The molecule has 0 spiro atoms. The molecule has 108 valence electrons. The van der Waals surface area contributed by atoms with Gasteiger partial charge in [-0.2, -0.15) is 0 Å². The third kappa shape index (κ3) is 13.6. The van der Waals surface area contributed by atoms with Gasteiger partial charge in [0.2, 0.25) is 0 Å². The van der Waals surface area contributed by atoms with Crippen molar-refractivity contribution in [3.05, 3.63) is 35.9 Å². The standard InChI is InChI=1S/C9H12O2.2CH2O3/c1-9(2,11-10)8-6-4-3-5-7-8;2*2-1(3)4/h3-7,10H,1-2H3;2*(H2,2,3,4). The molecule has 8 nitrogen and oxygen atoms in total. The number of carboxylic acid groups (broad SMARTS) is 4. The maximum Gasteiger partial charge on any atom is 0.503 e. The van der Waals surface area contributed by atoms with E-state index in [9.17, 15) is 0 Å². The minimum absolute atomic E-state index is 0.610. The predicted molar refractivity (Wildman–Crippen MR) is 64.5 cm³/mol. The second kappa shape index (κ2) is 9.68. The first kappa shape index (κ1) is 19.0. The first-order chi connectivity index (χ1) is 8.63. The molecule has 0 saturated carbocycles. The molecule has 1 aromatic carbocycles. The maximum absolute atomic E-state index is 8.56. The molecule has 5 N–H and O–H groups in total. The highest BCUT2D eigenvalue weighted by molar-refractivity contribution is 5.53. The number of rotatable bonds is 2. The van der Waals surface area contributed by atoms with Gasteiger partial charge in [0.1, 0.15) is 5.60 Å². The summed E-state index contributed by atoms with van der Waals surface area (Å²) in [4.78, 5) is 21.4. The summed E-state index contributed by atoms with van der Waals surface area (Å²) in [6, 6.07) is 9.58. The van der Waals surface area contributed by atoms with Gasteiger partial charge in [-0.25, -0.2) is 14.5 Å². The lowest BCUT2D eigenvalue weighted by Crippen LogP contribution is -2.19. The second-order valence-electron chi connectivity index (χ2n) is 3.53. The van der Waals surface area contributed by atoms with Gasteiger partial charge in [-0.05, 0) is 19.4 Å². The summed E-state index contributed by atoms with van der Waals surface area (Å²) in [5.74, 6) is 0. The molecule has 0 fully saturated rings. The monoisotopic (exact) mass is 276 g/mol. The minimum atomic E-state index is -1.83. The molecule has 0 aromatic heterocycles. The number of hydrogen-bond acceptors (Lipinski definition) is 4. The van der Waals surface area contributed by atoms with E-state index in [0.717, 1.165) is 5.56 Å². The molecule has 1 rings (SSSR count). The zero-order valence-electron chi connectivity index (χ0n) is 10.3. The van der Waals surface area contributed by atoms with Gasteiger partial charge in [-0.15, -0.1) is 0 Å². The SMILES string of the molecule is CC(C)(OO)c1ccccc1.O=C(O)O.O=C(O)O. The van der Waals surface area contributed by atoms with Crippen molar-refractivity contribution in [2.24, 2.45) is 0 Å². The third-order valence-electron chi connectivity index (χ3n) is 1.70. The van der Waals surface area contributed by atoms with Crippen molar-refractivity contribution in [1.82, 2.24) is 0 Å². The van der Waals surface area contributed by atoms with E-state index in [2.05, 4.69) is 4.89 Å². The Hall–Kier alpha value is -2.32. The topological polar surface area (TPSA) is 145 Å². The largest absolute Gasteiger partial charge is 0.503 e. The summed E-state index contributed by atoms with van der Waals surface area (Å²) in [5, 5.41) is 36.4. The quantitative estimate of drug-likeness (QED) is 0.409. The van der Waals surface area contributed by atoms with E-state index in [4.69, 9.17) is 35.3 Å². The molecule has 0 heterocycles. The van der Waals surface area contributed by atoms with Gasteiger partial charge in [0, 0.05) is 0 Å². The van der Waals surface area contributed by atoms with Crippen LogP contribution in [0.5, 0.6) is 0 Å². The van der Waals surface area contributed by atoms with Crippen LogP contribution in [0.2, 0.25) is 0 Å². The van der Waals surface area contributed by atoms with Gasteiger partial charge < -0.3 is 20.4 Å². The van der Waals surface area contributed by atoms with Crippen molar-refractivity contribution in [3.8, 4) is 0 Å². The van der Waals surface area contributed by atoms with Crippen LogP contribution in [0.3, 0.4) is 0 Å². The summed E-state index contributed by atoms with van der Waals surface area (Å²) in [5.41, 5.74) is 0.351. The van der Waals surface area contributed by atoms with Crippen LogP contribution in [0.25, 0.3) is 0 Å². The van der Waals surface area contributed by atoms with E-state index in [1.54, 1.807) is 0 Å². The Balaban J connectivity index is 0. The number of hydrogen-bond donors (Lipinski definition) is 5. The van der Waals surface area contributed by atoms with Crippen LogP contribution in [0.15, 0.2) is 30.3 Å². The van der Waals surface area contributed by atoms with Crippen molar-refractivity contribution >= 4 is 12.3 Å². The number of benzene rings is 1. The van der Waals surface area contributed by atoms with E-state index in [1.807, 2.05) is 44.2 Å². The summed E-state index contributed by atoms with van der Waals surface area (Å²) >= 11 is 0. The summed E-state index contributed by atoms with van der Waals surface area (Å²) in [6.45, 7) is 3.62. The Morgan fingerprint density at radius 1 is 0.947 bits per heavy atom. The predicted octanol–water partition coefficient (Wildman–Crippen LogP) is 2.86. The molecule has 8 heteroatoms. The molecule has 0 saturated heterocycles. The Morgan fingerprint density at radius 3 is 1.53 bits per heavy atom. The average Bonchev–Trinajstić information content (AvgIpc) is 2.29. The van der Waals surface area contributed by atoms with E-state index in [1.165, 1.54) is 0 Å². The lowest BCUT2D eigenvalue weighted by molar-refractivity contribution is -0.318. The van der Waals surface area contributed by atoms with E-state index in [0.29, 0.717) is 0 Å². The fourth-order valence-corrected chi connectivity index (χ4v) is 0.892. The average molecular weight is 276 g/mol. The molecule has 0 unspecified atom stereocenters. The highest BCUT2D eigenvalue weighted by Gasteiger charge is 2.20. The van der Waals surface area contributed by atoms with Gasteiger partial charge in [0.25, 0.3) is 0 Å². The molecule has 1 aromatic rings.